The van der Waals surface area contributed by atoms with Gasteiger partial charge in [-0.2, -0.15) is 15.0 Å². The van der Waals surface area contributed by atoms with Gasteiger partial charge in [-0.25, -0.2) is 5.84 Å². The molecule has 9 nitrogen and oxygen atoms in total. The highest BCUT2D eigenvalue weighted by Gasteiger charge is 2.30. The molecule has 1 fully saturated rings. The Morgan fingerprint density at radius 2 is 2.24 bits per heavy atom. The molecule has 1 saturated heterocycles. The van der Waals surface area contributed by atoms with Crippen molar-refractivity contribution in [3.05, 3.63) is 0 Å². The number of ether oxygens (including phenoxy) is 1. The Bertz CT molecular complexity index is 496. The molecule has 4 N–H and O–H groups in total. The predicted molar refractivity (Wildman–Crippen MR) is 77.9 cm³/mol. The second kappa shape index (κ2) is 7.02. The molecule has 1 unspecified atom stereocenters. The molecule has 1 aliphatic rings. The minimum atomic E-state index is -0.300. The van der Waals surface area contributed by atoms with Crippen LogP contribution in [0.1, 0.15) is 26.7 Å². The van der Waals surface area contributed by atoms with Gasteiger partial charge in [-0.15, -0.1) is 0 Å². The summed E-state index contributed by atoms with van der Waals surface area (Å²) in [6, 6.07) is -0.0959. The number of carbonyl (C=O) groups excluding carboxylic acids is 1. The highest BCUT2D eigenvalue weighted by Crippen LogP contribution is 2.19. The molecule has 1 aromatic rings. The van der Waals surface area contributed by atoms with Gasteiger partial charge in [0.25, 0.3) is 0 Å². The summed E-state index contributed by atoms with van der Waals surface area (Å²) in [7, 11) is 0. The number of nitrogens with zero attached hydrogens (tertiary/aromatic N) is 4. The van der Waals surface area contributed by atoms with E-state index in [1.54, 1.807) is 0 Å². The van der Waals surface area contributed by atoms with Crippen LogP contribution in [0.4, 0.5) is 11.9 Å². The van der Waals surface area contributed by atoms with E-state index in [0.29, 0.717) is 32.1 Å². The van der Waals surface area contributed by atoms with E-state index in [2.05, 4.69) is 25.7 Å². The van der Waals surface area contributed by atoms with Gasteiger partial charge in [-0.3, -0.25) is 10.2 Å². The van der Waals surface area contributed by atoms with Crippen molar-refractivity contribution in [2.24, 2.45) is 5.84 Å². The van der Waals surface area contributed by atoms with Crippen molar-refractivity contribution in [2.45, 2.75) is 32.7 Å². The fourth-order valence-electron chi connectivity index (χ4n) is 2.16. The molecule has 2 rings (SSSR count). The molecule has 21 heavy (non-hydrogen) atoms. The number of nitrogens with one attached hydrogen (secondary N) is 2. The fraction of sp³-hybridized carbons (Fsp3) is 0.667. The van der Waals surface area contributed by atoms with Crippen molar-refractivity contribution in [1.29, 1.82) is 0 Å². The number of piperazine rings is 1. The normalized spacial score (nSPS) is 18.3. The molecular weight excluding hydrogens is 274 g/mol. The maximum Gasteiger partial charge on any atom is 0.323 e. The van der Waals surface area contributed by atoms with Crippen LogP contribution >= 0.6 is 0 Å². The molecule has 0 radical (unpaired) electrons. The topological polar surface area (TPSA) is 118 Å². The maximum absolute atomic E-state index is 11.9. The van der Waals surface area contributed by atoms with Crippen molar-refractivity contribution >= 4 is 17.8 Å². The van der Waals surface area contributed by atoms with Crippen LogP contribution in [0.3, 0.4) is 0 Å². The zero-order valence-corrected chi connectivity index (χ0v) is 12.3. The Labute approximate surface area is 123 Å². The third-order valence-electron chi connectivity index (χ3n) is 3.14. The summed E-state index contributed by atoms with van der Waals surface area (Å²) < 4.78 is 5.44. The van der Waals surface area contributed by atoms with Crippen LogP contribution in [-0.2, 0) is 4.79 Å². The summed E-state index contributed by atoms with van der Waals surface area (Å²) in [5.74, 6) is 5.97. The predicted octanol–water partition coefficient (Wildman–Crippen LogP) is -0.339. The lowest BCUT2D eigenvalue weighted by atomic mass is 10.1. The summed E-state index contributed by atoms with van der Waals surface area (Å²) in [5, 5.41) is 2.84. The van der Waals surface area contributed by atoms with Gasteiger partial charge >= 0.3 is 6.01 Å². The number of amides is 1. The number of nitrogens with two attached hydrogens (primary N) is 1. The monoisotopic (exact) mass is 295 g/mol. The van der Waals surface area contributed by atoms with Gasteiger partial charge in [0.05, 0.1) is 6.61 Å². The first-order valence-corrected chi connectivity index (χ1v) is 7.09. The van der Waals surface area contributed by atoms with E-state index >= 15 is 0 Å². The molecule has 9 heteroatoms. The minimum Gasteiger partial charge on any atom is -0.463 e. The molecule has 0 aliphatic carbocycles. The number of rotatable bonds is 6. The maximum atomic E-state index is 11.9. The van der Waals surface area contributed by atoms with Crippen LogP contribution < -0.4 is 26.2 Å². The number of hydrogen-bond acceptors (Lipinski definition) is 8. The Hall–Kier alpha value is -2.16. The zero-order chi connectivity index (χ0) is 15.2. The number of aromatic nitrogens is 3. The molecule has 1 atom stereocenters. The van der Waals surface area contributed by atoms with Gasteiger partial charge in [-0.05, 0) is 12.8 Å². The van der Waals surface area contributed by atoms with Gasteiger partial charge in [0.1, 0.15) is 6.04 Å². The molecular formula is C12H21N7O2. The van der Waals surface area contributed by atoms with Crippen LogP contribution in [0.15, 0.2) is 0 Å². The standard InChI is InChI=1S/C12H21N7O2/c1-3-7-21-12-16-10(18-13)15-11(17-12)19-6-5-14-9(20)8(19)4-2/h8H,3-7,13H2,1-2H3,(H,14,20)(H,15,16,17,18). The fourth-order valence-corrected chi connectivity index (χ4v) is 2.16. The third kappa shape index (κ3) is 3.48. The van der Waals surface area contributed by atoms with Crippen LogP contribution in [0, 0.1) is 0 Å². The van der Waals surface area contributed by atoms with Gasteiger partial charge in [0.2, 0.25) is 17.8 Å². The molecule has 1 amide bonds. The Morgan fingerprint density at radius 1 is 1.43 bits per heavy atom. The highest BCUT2D eigenvalue weighted by atomic mass is 16.5. The number of hydrazine groups is 1. The van der Waals surface area contributed by atoms with E-state index in [1.807, 2.05) is 18.7 Å². The Kier molecular flexibility index (Phi) is 5.09. The Morgan fingerprint density at radius 3 is 2.90 bits per heavy atom. The lowest BCUT2D eigenvalue weighted by molar-refractivity contribution is -0.123. The first-order chi connectivity index (χ1) is 10.2. The number of anilines is 2. The van der Waals surface area contributed by atoms with E-state index in [9.17, 15) is 4.79 Å². The van der Waals surface area contributed by atoms with Gasteiger partial charge in [0, 0.05) is 13.1 Å². The summed E-state index contributed by atoms with van der Waals surface area (Å²) in [4.78, 5) is 26.3. The Balaban J connectivity index is 2.29. The van der Waals surface area contributed by atoms with Crippen LogP contribution in [0.2, 0.25) is 0 Å². The van der Waals surface area contributed by atoms with Crippen molar-refractivity contribution in [3.8, 4) is 6.01 Å². The van der Waals surface area contributed by atoms with Crippen molar-refractivity contribution in [3.63, 3.8) is 0 Å². The molecule has 1 aliphatic heterocycles. The second-order valence-corrected chi connectivity index (χ2v) is 4.64. The first-order valence-electron chi connectivity index (χ1n) is 7.09. The molecule has 0 bridgehead atoms. The lowest BCUT2D eigenvalue weighted by Crippen LogP contribution is -2.55. The molecule has 0 saturated carbocycles. The van der Waals surface area contributed by atoms with Gasteiger partial charge < -0.3 is 15.0 Å². The van der Waals surface area contributed by atoms with Crippen LogP contribution in [0.25, 0.3) is 0 Å². The molecule has 2 heterocycles. The summed E-state index contributed by atoms with van der Waals surface area (Å²) in [6.45, 7) is 5.63. The molecule has 116 valence electrons. The highest BCUT2D eigenvalue weighted by molar-refractivity contribution is 5.85. The number of nitrogen functional groups attached to an aromatic ring is 1. The van der Waals surface area contributed by atoms with Crippen LogP contribution in [0.5, 0.6) is 6.01 Å². The van der Waals surface area contributed by atoms with Crippen molar-refractivity contribution in [1.82, 2.24) is 20.3 Å². The summed E-state index contributed by atoms with van der Waals surface area (Å²) in [6.07, 6.45) is 1.50. The largest absolute Gasteiger partial charge is 0.463 e. The van der Waals surface area contributed by atoms with Gasteiger partial charge in [0.15, 0.2) is 0 Å². The van der Waals surface area contributed by atoms with Crippen LogP contribution in [-0.4, -0.2) is 46.6 Å². The quantitative estimate of drug-likeness (QED) is 0.482. The zero-order valence-electron chi connectivity index (χ0n) is 12.3. The molecule has 0 aromatic carbocycles. The average Bonchev–Trinajstić information content (AvgIpc) is 2.52. The SMILES string of the molecule is CCCOc1nc(NN)nc(N2CCNC(=O)C2CC)n1. The smallest absolute Gasteiger partial charge is 0.323 e. The number of hydrogen-bond donors (Lipinski definition) is 3. The summed E-state index contributed by atoms with van der Waals surface area (Å²) in [5.41, 5.74) is 2.40. The van der Waals surface area contributed by atoms with E-state index in [4.69, 9.17) is 10.6 Å². The first kappa shape index (κ1) is 15.2. The van der Waals surface area contributed by atoms with E-state index in [1.165, 1.54) is 0 Å². The summed E-state index contributed by atoms with van der Waals surface area (Å²) >= 11 is 0. The lowest BCUT2D eigenvalue weighted by Gasteiger charge is -2.34. The van der Waals surface area contributed by atoms with E-state index in [0.717, 1.165) is 6.42 Å². The van der Waals surface area contributed by atoms with E-state index in [-0.39, 0.29) is 23.9 Å². The average molecular weight is 295 g/mol. The molecule has 0 spiro atoms. The van der Waals surface area contributed by atoms with Crippen molar-refractivity contribution in [2.75, 3.05) is 30.0 Å². The minimum absolute atomic E-state index is 0.0255. The molecule has 1 aromatic heterocycles. The third-order valence-corrected chi connectivity index (χ3v) is 3.14. The number of carbonyl (C=O) groups is 1. The van der Waals surface area contributed by atoms with Gasteiger partial charge in [-0.1, -0.05) is 13.8 Å². The van der Waals surface area contributed by atoms with E-state index < -0.39 is 0 Å². The van der Waals surface area contributed by atoms with Crippen molar-refractivity contribution < 1.29 is 9.53 Å². The second-order valence-electron chi connectivity index (χ2n) is 4.64.